The van der Waals surface area contributed by atoms with Crippen LogP contribution in [0.2, 0.25) is 0 Å². The molecule has 3 N–H and O–H groups in total. The van der Waals surface area contributed by atoms with Gasteiger partial charge < -0.3 is 20.1 Å². The van der Waals surface area contributed by atoms with E-state index >= 15 is 0 Å². The number of epoxide rings is 1. The molecule has 4 saturated carbocycles. The third-order valence-electron chi connectivity index (χ3n) is 9.40. The summed E-state index contributed by atoms with van der Waals surface area (Å²) in [5, 5.41) is 32.6. The molecule has 9 atom stereocenters. The van der Waals surface area contributed by atoms with Gasteiger partial charge in [0.25, 0.3) is 0 Å². The first-order valence-corrected chi connectivity index (χ1v) is 9.93. The number of ether oxygens (including phenoxy) is 1. The van der Waals surface area contributed by atoms with Gasteiger partial charge in [0, 0.05) is 12.0 Å². The van der Waals surface area contributed by atoms with Gasteiger partial charge in [-0.25, -0.2) is 0 Å². The summed E-state index contributed by atoms with van der Waals surface area (Å²) in [5.74, 6) is 0.908. The van der Waals surface area contributed by atoms with E-state index in [1.54, 1.807) is 0 Å². The van der Waals surface area contributed by atoms with Crippen LogP contribution in [-0.2, 0) is 4.74 Å². The van der Waals surface area contributed by atoms with Gasteiger partial charge in [-0.05, 0) is 67.1 Å². The third-order valence-corrected chi connectivity index (χ3v) is 9.40. The highest BCUT2D eigenvalue weighted by molar-refractivity contribution is 5.26. The summed E-state index contributed by atoms with van der Waals surface area (Å²) in [7, 11) is 0. The van der Waals surface area contributed by atoms with E-state index in [1.807, 2.05) is 0 Å². The van der Waals surface area contributed by atoms with Crippen molar-refractivity contribution in [2.45, 2.75) is 76.6 Å². The van der Waals surface area contributed by atoms with Crippen molar-refractivity contribution in [2.24, 2.45) is 34.0 Å². The quantitative estimate of drug-likeness (QED) is 0.641. The zero-order chi connectivity index (χ0) is 17.0. The summed E-state index contributed by atoms with van der Waals surface area (Å²) in [6.07, 6.45) is 6.40. The standard InChI is InChI=1S/C20H32O4/c1-17(10-21)5-3-6-18(2)14(17)4-7-19-9-12(8-13(22)15(18)19)20(11-24-20)16(19)23/h12-16,21-23H,3-11H2,1-2H3/t12-,13+,14-,15+,16-,17-,18-,19-,20+/m1/s1. The van der Waals surface area contributed by atoms with Gasteiger partial charge >= 0.3 is 0 Å². The number of aliphatic hydroxyl groups is 3. The van der Waals surface area contributed by atoms with Gasteiger partial charge in [0.15, 0.2) is 0 Å². The Morgan fingerprint density at radius 3 is 2.54 bits per heavy atom. The second kappa shape index (κ2) is 4.57. The number of aliphatic hydroxyl groups excluding tert-OH is 3. The van der Waals surface area contributed by atoms with E-state index in [-0.39, 0.29) is 40.5 Å². The van der Waals surface area contributed by atoms with Crippen LogP contribution in [0.25, 0.3) is 0 Å². The van der Waals surface area contributed by atoms with Crippen molar-refractivity contribution < 1.29 is 20.1 Å². The highest BCUT2D eigenvalue weighted by Crippen LogP contribution is 2.74. The molecule has 5 rings (SSSR count). The van der Waals surface area contributed by atoms with Crippen LogP contribution in [0.15, 0.2) is 0 Å². The molecule has 2 spiro atoms. The molecule has 1 saturated heterocycles. The SMILES string of the molecule is C[C@]1(CO)CCC[C@]2(C)[C@@H]1CC[C@@]13C[C@@H](C[C@H](O)[C@@H]21)[C@@]1(CO1)[C@@H]3O. The van der Waals surface area contributed by atoms with Crippen molar-refractivity contribution in [2.75, 3.05) is 13.2 Å². The lowest BCUT2D eigenvalue weighted by molar-refractivity contribution is -0.212. The van der Waals surface area contributed by atoms with E-state index in [9.17, 15) is 15.3 Å². The molecule has 0 unspecified atom stereocenters. The van der Waals surface area contributed by atoms with Gasteiger partial charge in [0.2, 0.25) is 0 Å². The number of fused-ring (bicyclic) bond motifs is 4. The molecular formula is C20H32O4. The molecule has 1 heterocycles. The van der Waals surface area contributed by atoms with Crippen LogP contribution in [0.1, 0.15) is 58.8 Å². The average molecular weight is 336 g/mol. The minimum absolute atomic E-state index is 0.0137. The molecular weight excluding hydrogens is 304 g/mol. The molecule has 1 aliphatic heterocycles. The molecule has 136 valence electrons. The average Bonchev–Trinajstić information content (AvgIpc) is 3.32. The smallest absolute Gasteiger partial charge is 0.121 e. The van der Waals surface area contributed by atoms with Gasteiger partial charge in [-0.1, -0.05) is 20.3 Å². The molecule has 4 aliphatic carbocycles. The van der Waals surface area contributed by atoms with E-state index in [1.165, 1.54) is 0 Å². The van der Waals surface area contributed by atoms with Gasteiger partial charge in [-0.2, -0.15) is 0 Å². The van der Waals surface area contributed by atoms with Gasteiger partial charge in [-0.3, -0.25) is 0 Å². The fourth-order valence-corrected chi connectivity index (χ4v) is 8.48. The molecule has 0 aromatic carbocycles. The topological polar surface area (TPSA) is 73.2 Å². The normalized spacial score (nSPS) is 64.6. The number of hydrogen-bond donors (Lipinski definition) is 3. The maximum atomic E-state index is 11.3. The highest BCUT2D eigenvalue weighted by Gasteiger charge is 2.77. The Morgan fingerprint density at radius 1 is 1.12 bits per heavy atom. The van der Waals surface area contributed by atoms with Crippen LogP contribution in [0.5, 0.6) is 0 Å². The third kappa shape index (κ3) is 1.61. The van der Waals surface area contributed by atoms with Crippen LogP contribution in [0.4, 0.5) is 0 Å². The molecule has 5 fully saturated rings. The van der Waals surface area contributed by atoms with Gasteiger partial charge in [0.05, 0.1) is 18.8 Å². The van der Waals surface area contributed by atoms with Crippen molar-refractivity contribution in [1.82, 2.24) is 0 Å². The molecule has 0 amide bonds. The summed E-state index contributed by atoms with van der Waals surface area (Å²) < 4.78 is 5.81. The Bertz CT molecular complexity index is 560. The van der Waals surface area contributed by atoms with E-state index in [0.717, 1.165) is 44.9 Å². The lowest BCUT2D eigenvalue weighted by atomic mass is 9.40. The van der Waals surface area contributed by atoms with E-state index < -0.39 is 6.10 Å². The molecule has 4 heteroatoms. The minimum atomic E-state index is -0.419. The maximum Gasteiger partial charge on any atom is 0.121 e. The predicted molar refractivity (Wildman–Crippen MR) is 89.2 cm³/mol. The van der Waals surface area contributed by atoms with Crippen LogP contribution >= 0.6 is 0 Å². The molecule has 4 nitrogen and oxygen atoms in total. The van der Waals surface area contributed by atoms with Crippen LogP contribution in [-0.4, -0.2) is 46.3 Å². The predicted octanol–water partition coefficient (Wildman–Crippen LogP) is 2.10. The largest absolute Gasteiger partial charge is 0.396 e. The number of hydrogen-bond acceptors (Lipinski definition) is 4. The van der Waals surface area contributed by atoms with Crippen LogP contribution in [0.3, 0.4) is 0 Å². The first-order valence-electron chi connectivity index (χ1n) is 9.93. The van der Waals surface area contributed by atoms with Crippen molar-refractivity contribution in [3.63, 3.8) is 0 Å². The minimum Gasteiger partial charge on any atom is -0.396 e. The highest BCUT2D eigenvalue weighted by atomic mass is 16.6. The van der Waals surface area contributed by atoms with Crippen molar-refractivity contribution >= 4 is 0 Å². The molecule has 0 aromatic heterocycles. The summed E-state index contributed by atoms with van der Waals surface area (Å²) >= 11 is 0. The summed E-state index contributed by atoms with van der Waals surface area (Å²) in [6.45, 7) is 5.50. The lowest BCUT2D eigenvalue weighted by Gasteiger charge is -2.65. The van der Waals surface area contributed by atoms with E-state index in [2.05, 4.69) is 13.8 Å². The number of rotatable bonds is 1. The molecule has 0 radical (unpaired) electrons. The Kier molecular flexibility index (Phi) is 3.05. The zero-order valence-electron chi connectivity index (χ0n) is 15.0. The zero-order valence-corrected chi connectivity index (χ0v) is 15.0. The summed E-state index contributed by atoms with van der Waals surface area (Å²) in [6, 6.07) is 0. The first-order chi connectivity index (χ1) is 11.3. The fourth-order valence-electron chi connectivity index (χ4n) is 8.48. The Balaban J connectivity index is 1.60. The fraction of sp³-hybridized carbons (Fsp3) is 1.00. The Hall–Kier alpha value is -0.160. The van der Waals surface area contributed by atoms with Crippen LogP contribution in [0, 0.1) is 34.0 Å². The van der Waals surface area contributed by atoms with Gasteiger partial charge in [0.1, 0.15) is 5.60 Å². The lowest BCUT2D eigenvalue weighted by Crippen LogP contribution is -2.63. The first kappa shape index (κ1) is 16.0. The monoisotopic (exact) mass is 336 g/mol. The summed E-state index contributed by atoms with van der Waals surface area (Å²) in [4.78, 5) is 0. The maximum absolute atomic E-state index is 11.3. The van der Waals surface area contributed by atoms with E-state index in [4.69, 9.17) is 4.74 Å². The molecule has 0 aromatic rings. The van der Waals surface area contributed by atoms with Crippen molar-refractivity contribution in [1.29, 1.82) is 0 Å². The Morgan fingerprint density at radius 2 is 1.88 bits per heavy atom. The molecule has 24 heavy (non-hydrogen) atoms. The summed E-state index contributed by atoms with van der Waals surface area (Å²) in [5.41, 5.74) is -0.534. The molecule has 5 aliphatic rings. The second-order valence-electron chi connectivity index (χ2n) is 10.3. The van der Waals surface area contributed by atoms with Crippen LogP contribution < -0.4 is 0 Å². The second-order valence-corrected chi connectivity index (χ2v) is 10.3. The van der Waals surface area contributed by atoms with Gasteiger partial charge in [-0.15, -0.1) is 0 Å². The molecule has 2 bridgehead atoms. The Labute approximate surface area is 144 Å². The van der Waals surface area contributed by atoms with Crippen molar-refractivity contribution in [3.8, 4) is 0 Å². The van der Waals surface area contributed by atoms with E-state index in [0.29, 0.717) is 18.4 Å². The van der Waals surface area contributed by atoms with Crippen molar-refractivity contribution in [3.05, 3.63) is 0 Å².